The highest BCUT2D eigenvalue weighted by molar-refractivity contribution is 6.31. The average Bonchev–Trinajstić information content (AvgIpc) is 2.88. The van der Waals surface area contributed by atoms with Crippen molar-refractivity contribution in [2.75, 3.05) is 0 Å². The normalized spacial score (nSPS) is 22.2. The molecule has 0 aromatic carbocycles. The zero-order chi connectivity index (χ0) is 13.6. The van der Waals surface area contributed by atoms with E-state index in [0.29, 0.717) is 22.4 Å². The number of alkyl halides is 1. The van der Waals surface area contributed by atoms with Gasteiger partial charge in [-0.3, -0.25) is 0 Å². The van der Waals surface area contributed by atoms with Crippen LogP contribution in [-0.2, 0) is 5.88 Å². The van der Waals surface area contributed by atoms with Gasteiger partial charge in [0.05, 0.1) is 10.9 Å². The molecule has 5 heteroatoms. The van der Waals surface area contributed by atoms with E-state index in [9.17, 15) is 0 Å². The molecule has 19 heavy (non-hydrogen) atoms. The number of pyridine rings is 1. The number of halogens is 2. The maximum Gasteiger partial charge on any atom is 0.160 e. The van der Waals surface area contributed by atoms with Crippen LogP contribution < -0.4 is 0 Å². The number of imidazole rings is 1. The molecule has 3 nitrogen and oxygen atoms in total. The van der Waals surface area contributed by atoms with E-state index in [4.69, 9.17) is 23.2 Å². The maximum absolute atomic E-state index is 6.05. The highest BCUT2D eigenvalue weighted by Gasteiger charge is 2.33. The summed E-state index contributed by atoms with van der Waals surface area (Å²) in [4.78, 5) is 9.02. The largest absolute Gasteiger partial charge is 0.309 e. The van der Waals surface area contributed by atoms with Crippen molar-refractivity contribution in [2.24, 2.45) is 5.41 Å². The number of hydrogen-bond acceptors (Lipinski definition) is 2. The van der Waals surface area contributed by atoms with Gasteiger partial charge in [-0.2, -0.15) is 0 Å². The van der Waals surface area contributed by atoms with E-state index in [1.54, 1.807) is 6.20 Å². The molecule has 1 unspecified atom stereocenters. The Hall–Kier alpha value is -0.800. The molecule has 0 spiro atoms. The molecule has 0 radical (unpaired) electrons. The molecule has 0 amide bonds. The van der Waals surface area contributed by atoms with Gasteiger partial charge in [-0.1, -0.05) is 25.4 Å². The van der Waals surface area contributed by atoms with Crippen molar-refractivity contribution in [1.29, 1.82) is 0 Å². The second-order valence-corrected chi connectivity index (χ2v) is 6.79. The van der Waals surface area contributed by atoms with Gasteiger partial charge in [-0.05, 0) is 30.7 Å². The first-order chi connectivity index (χ1) is 9.00. The zero-order valence-corrected chi connectivity index (χ0v) is 12.7. The molecule has 102 valence electrons. The third-order valence-corrected chi connectivity index (χ3v) is 4.44. The van der Waals surface area contributed by atoms with Crippen molar-refractivity contribution >= 4 is 34.4 Å². The smallest absolute Gasteiger partial charge is 0.160 e. The summed E-state index contributed by atoms with van der Waals surface area (Å²) in [5.41, 5.74) is 2.13. The number of hydrogen-bond donors (Lipinski definition) is 0. The van der Waals surface area contributed by atoms with Gasteiger partial charge >= 0.3 is 0 Å². The second kappa shape index (κ2) is 4.64. The van der Waals surface area contributed by atoms with Crippen molar-refractivity contribution in [2.45, 2.75) is 45.0 Å². The second-order valence-electron chi connectivity index (χ2n) is 6.09. The summed E-state index contributed by atoms with van der Waals surface area (Å²) in [7, 11) is 0. The summed E-state index contributed by atoms with van der Waals surface area (Å²) in [5, 5.41) is 0.616. The molecule has 0 saturated heterocycles. The van der Waals surface area contributed by atoms with Crippen LogP contribution in [0, 0.1) is 5.41 Å². The van der Waals surface area contributed by atoms with Crippen LogP contribution in [0.2, 0.25) is 5.02 Å². The fourth-order valence-corrected chi connectivity index (χ4v) is 3.44. The van der Waals surface area contributed by atoms with Gasteiger partial charge in [-0.25, -0.2) is 9.97 Å². The Balaban J connectivity index is 2.11. The lowest BCUT2D eigenvalue weighted by Crippen LogP contribution is -2.12. The van der Waals surface area contributed by atoms with Gasteiger partial charge in [0.25, 0.3) is 0 Å². The molecule has 2 aromatic rings. The summed E-state index contributed by atoms with van der Waals surface area (Å²) >= 11 is 12.0. The number of aromatic nitrogens is 3. The Morgan fingerprint density at radius 1 is 1.47 bits per heavy atom. The van der Waals surface area contributed by atoms with Crippen LogP contribution in [0.15, 0.2) is 12.3 Å². The van der Waals surface area contributed by atoms with Crippen molar-refractivity contribution in [3.05, 3.63) is 23.1 Å². The Morgan fingerprint density at radius 3 is 2.89 bits per heavy atom. The van der Waals surface area contributed by atoms with Crippen molar-refractivity contribution in [3.63, 3.8) is 0 Å². The number of nitrogens with zero attached hydrogens (tertiary/aromatic N) is 3. The highest BCUT2D eigenvalue weighted by atomic mass is 35.5. The zero-order valence-electron chi connectivity index (χ0n) is 11.2. The first kappa shape index (κ1) is 13.2. The number of rotatable bonds is 2. The van der Waals surface area contributed by atoms with Gasteiger partial charge in [0, 0.05) is 12.2 Å². The minimum atomic E-state index is 0.386. The van der Waals surface area contributed by atoms with Gasteiger partial charge in [-0.15, -0.1) is 11.6 Å². The maximum atomic E-state index is 6.05. The molecule has 1 aliphatic carbocycles. The summed E-state index contributed by atoms with van der Waals surface area (Å²) in [5.74, 6) is 1.30. The van der Waals surface area contributed by atoms with Gasteiger partial charge in [0.1, 0.15) is 11.3 Å². The molecule has 0 N–H and O–H groups in total. The SMILES string of the molecule is CC1(C)CCC(n2c(CCl)nc3cc(Cl)cnc32)C1. The van der Waals surface area contributed by atoms with E-state index in [1.165, 1.54) is 6.42 Å². The van der Waals surface area contributed by atoms with Gasteiger partial charge < -0.3 is 4.57 Å². The Morgan fingerprint density at radius 2 is 2.26 bits per heavy atom. The predicted octanol–water partition coefficient (Wildman–Crippen LogP) is 4.57. The van der Waals surface area contributed by atoms with Crippen molar-refractivity contribution < 1.29 is 0 Å². The molecular weight excluding hydrogens is 281 g/mol. The molecule has 1 atom stereocenters. The van der Waals surface area contributed by atoms with Crippen LogP contribution >= 0.6 is 23.2 Å². The Labute approximate surface area is 122 Å². The quantitative estimate of drug-likeness (QED) is 0.760. The number of fused-ring (bicyclic) bond motifs is 1. The van der Waals surface area contributed by atoms with E-state index >= 15 is 0 Å². The van der Waals surface area contributed by atoms with E-state index in [2.05, 4.69) is 28.4 Å². The van der Waals surface area contributed by atoms with E-state index in [-0.39, 0.29) is 0 Å². The molecule has 0 aliphatic heterocycles. The monoisotopic (exact) mass is 297 g/mol. The Bertz CT molecular complexity index is 618. The topological polar surface area (TPSA) is 30.7 Å². The van der Waals surface area contributed by atoms with Crippen LogP contribution in [0.4, 0.5) is 0 Å². The first-order valence-electron chi connectivity index (χ1n) is 6.58. The van der Waals surface area contributed by atoms with Crippen LogP contribution in [0.5, 0.6) is 0 Å². The fourth-order valence-electron chi connectivity index (χ4n) is 3.10. The molecule has 0 bridgehead atoms. The van der Waals surface area contributed by atoms with E-state index in [1.807, 2.05) is 6.07 Å². The molecule has 1 aliphatic rings. The summed E-state index contributed by atoms with van der Waals surface area (Å²) < 4.78 is 2.22. The van der Waals surface area contributed by atoms with Crippen molar-refractivity contribution in [1.82, 2.24) is 14.5 Å². The first-order valence-corrected chi connectivity index (χ1v) is 7.50. The molecule has 2 aromatic heterocycles. The van der Waals surface area contributed by atoms with Crippen LogP contribution in [0.1, 0.15) is 45.0 Å². The van der Waals surface area contributed by atoms with Gasteiger partial charge in [0.2, 0.25) is 0 Å². The lowest BCUT2D eigenvalue weighted by Gasteiger charge is -2.19. The lowest BCUT2D eigenvalue weighted by molar-refractivity contribution is 0.359. The van der Waals surface area contributed by atoms with E-state index in [0.717, 1.165) is 29.8 Å². The molecule has 1 saturated carbocycles. The molecule has 1 fully saturated rings. The summed E-state index contributed by atoms with van der Waals surface area (Å²) in [6, 6.07) is 2.30. The summed E-state index contributed by atoms with van der Waals surface area (Å²) in [6.45, 7) is 4.63. The third-order valence-electron chi connectivity index (χ3n) is 4.00. The third kappa shape index (κ3) is 2.34. The lowest BCUT2D eigenvalue weighted by atomic mass is 9.92. The predicted molar refractivity (Wildman–Crippen MR) is 78.8 cm³/mol. The van der Waals surface area contributed by atoms with Gasteiger partial charge in [0.15, 0.2) is 5.65 Å². The van der Waals surface area contributed by atoms with Crippen LogP contribution in [0.3, 0.4) is 0 Å². The molecule has 3 rings (SSSR count). The molecule has 2 heterocycles. The highest BCUT2D eigenvalue weighted by Crippen LogP contribution is 2.44. The Kier molecular flexibility index (Phi) is 3.22. The minimum Gasteiger partial charge on any atom is -0.309 e. The standard InChI is InChI=1S/C14H17Cl2N3/c1-14(2)4-3-10(6-14)19-12(7-15)18-11-5-9(16)8-17-13(11)19/h5,8,10H,3-4,6-7H2,1-2H3. The molecular formula is C14H17Cl2N3. The van der Waals surface area contributed by atoms with Crippen LogP contribution in [-0.4, -0.2) is 14.5 Å². The minimum absolute atomic E-state index is 0.386. The van der Waals surface area contributed by atoms with Crippen molar-refractivity contribution in [3.8, 4) is 0 Å². The summed E-state index contributed by atoms with van der Waals surface area (Å²) in [6.07, 6.45) is 5.21. The van der Waals surface area contributed by atoms with Crippen LogP contribution in [0.25, 0.3) is 11.2 Å². The average molecular weight is 298 g/mol. The fraction of sp³-hybridized carbons (Fsp3) is 0.571. The van der Waals surface area contributed by atoms with E-state index < -0.39 is 0 Å².